The molecular formula is C26H42BrClI2K3NO7. The van der Waals surface area contributed by atoms with Crippen molar-refractivity contribution in [1.29, 1.82) is 0 Å². The van der Waals surface area contributed by atoms with E-state index in [0.29, 0.717) is 19.6 Å². The van der Waals surface area contributed by atoms with Crippen molar-refractivity contribution in [2.75, 3.05) is 19.8 Å². The van der Waals surface area contributed by atoms with Gasteiger partial charge in [0.15, 0.2) is 0 Å². The van der Waals surface area contributed by atoms with Crippen molar-refractivity contribution in [3.63, 3.8) is 0 Å². The minimum atomic E-state index is -0.345. The number of esters is 2. The summed E-state index contributed by atoms with van der Waals surface area (Å²) in [6.45, 7) is 4.26. The summed E-state index contributed by atoms with van der Waals surface area (Å²) < 4.78 is 11.8. The van der Waals surface area contributed by atoms with Gasteiger partial charge in [0.2, 0.25) is 0 Å². The molecule has 0 radical (unpaired) electrons. The molecule has 0 fully saturated rings. The Morgan fingerprint density at radius 1 is 0.902 bits per heavy atom. The molecule has 2 rings (SSSR count). The van der Waals surface area contributed by atoms with E-state index in [0.717, 1.165) is 18.2 Å². The van der Waals surface area contributed by atoms with E-state index in [1.54, 1.807) is 6.92 Å². The number of aryl methyl sites for hydroxylation is 1. The fourth-order valence-corrected chi connectivity index (χ4v) is 3.21. The van der Waals surface area contributed by atoms with Gasteiger partial charge in [-0.25, -0.2) is 0 Å². The van der Waals surface area contributed by atoms with Crippen LogP contribution in [0.25, 0.3) is 0 Å². The van der Waals surface area contributed by atoms with Crippen LogP contribution in [0.3, 0.4) is 0 Å². The second-order valence-electron chi connectivity index (χ2n) is 6.25. The molecule has 0 spiro atoms. The van der Waals surface area contributed by atoms with Crippen LogP contribution in [-0.4, -0.2) is 38.2 Å². The van der Waals surface area contributed by atoms with Crippen molar-refractivity contribution in [3.8, 4) is 0 Å². The normalized spacial score (nSPS) is 7.68. The minimum Gasteiger partial charge on any atom is -1.00 e. The zero-order valence-corrected chi connectivity index (χ0v) is 39.2. The number of alkyl halides is 1. The molecule has 2 aromatic rings. The number of rotatable bonds is 9. The number of ether oxygens (including phenoxy) is 2. The first-order valence-corrected chi connectivity index (χ1v) is 13.8. The molecule has 0 amide bonds. The molecule has 2 N–H and O–H groups in total. The second kappa shape index (κ2) is 48.3. The van der Waals surface area contributed by atoms with Crippen molar-refractivity contribution in [3.05, 3.63) is 66.8 Å². The van der Waals surface area contributed by atoms with Gasteiger partial charge in [0.1, 0.15) is 0 Å². The summed E-state index contributed by atoms with van der Waals surface area (Å²) in [5.41, 5.74) is 7.49. The minimum absolute atomic E-state index is 0. The van der Waals surface area contributed by atoms with E-state index in [1.165, 1.54) is 18.3 Å². The van der Waals surface area contributed by atoms with Crippen molar-refractivity contribution in [2.45, 2.75) is 53.3 Å². The summed E-state index contributed by atoms with van der Waals surface area (Å²) in [6, 6.07) is 16.8. The summed E-state index contributed by atoms with van der Waals surface area (Å²) in [4.78, 5) is 32.4. The maximum absolute atomic E-state index is 11.1. The average molecular weight is 968 g/mol. The number of benzene rings is 2. The van der Waals surface area contributed by atoms with Crippen LogP contribution in [0, 0.1) is 7.14 Å². The van der Waals surface area contributed by atoms with Crippen LogP contribution in [0.2, 0.25) is 0 Å². The molecule has 15 heteroatoms. The molecule has 0 bridgehead atoms. The van der Waals surface area contributed by atoms with Crippen LogP contribution in [-0.2, 0) is 40.5 Å². The SMILES string of the molecule is BrCc1ccc(I)cc1.C.C.CCOC(=O)CCCc1ccc(I)cc1.CCOC(=O)CN.Cl.O=CO[O-].[2H-].[H-].[K+].[K+].[K+]. The third-order valence-corrected chi connectivity index (χ3v) is 5.73. The van der Waals surface area contributed by atoms with Crippen molar-refractivity contribution in [1.82, 2.24) is 0 Å². The predicted octanol–water partition coefficient (Wildman–Crippen LogP) is -2.76. The third kappa shape index (κ3) is 46.1. The fraction of sp³-hybridized carbons (Fsp3) is 0.423. The zero-order valence-electron chi connectivity index (χ0n) is 25.1. The Balaban J connectivity index is -0.0000000431. The van der Waals surface area contributed by atoms with Crippen LogP contribution < -0.4 is 165 Å². The number of hydrogen-bond acceptors (Lipinski definition) is 8. The van der Waals surface area contributed by atoms with Gasteiger partial charge in [0.25, 0.3) is 6.47 Å². The van der Waals surface area contributed by atoms with E-state index in [4.69, 9.17) is 20.5 Å². The summed E-state index contributed by atoms with van der Waals surface area (Å²) >= 11 is 7.96. The smallest absolute Gasteiger partial charge is 1.00 e. The van der Waals surface area contributed by atoms with Gasteiger partial charge in [-0.3, -0.25) is 14.4 Å². The first-order valence-electron chi connectivity index (χ1n) is 10.6. The molecule has 0 aliphatic heterocycles. The maximum Gasteiger partial charge on any atom is 1.00 e. The van der Waals surface area contributed by atoms with Gasteiger partial charge < -0.3 is 28.2 Å². The predicted molar refractivity (Wildman–Crippen MR) is 176 cm³/mol. The number of carbonyl (C=O) groups is 3. The Kier molecular flexibility index (Phi) is 74.9. The summed E-state index contributed by atoms with van der Waals surface area (Å²) in [5, 5.41) is 9.38. The van der Waals surface area contributed by atoms with Gasteiger partial charge in [0.05, 0.1) is 19.8 Å². The molecule has 0 saturated carbocycles. The van der Waals surface area contributed by atoms with Gasteiger partial charge >= 0.3 is 166 Å². The standard InChI is InChI=1S/C12H15IO2.C7H6BrI.C4H9NO2.CH2O3.2CH4.ClH.3K.2H/c1-2-15-12(14)5-3-4-10-6-8-11(13)9-7-10;8-5-6-1-3-7(9)4-2-6;1-2-7-4(6)3-5;2-1-4-3;;;;;;;;/h6-9H,2-5H2,1H3;1-4H,5H2;2-3,5H2,1H3;1,3H;2*1H4;1H;;;;;/q;;;;;;;3*+1;2*-1/p-1/i;;;;;;;;;;1+1;. The first kappa shape index (κ1) is 63.6. The van der Waals surface area contributed by atoms with Gasteiger partial charge in [-0.2, -0.15) is 0 Å². The summed E-state index contributed by atoms with van der Waals surface area (Å²) in [6.07, 6.45) is 2.31. The van der Waals surface area contributed by atoms with Gasteiger partial charge in [-0.15, -0.1) is 12.4 Å². The number of nitrogens with two attached hydrogens (primary N) is 1. The molecule has 0 heterocycles. The fourth-order valence-electron chi connectivity index (χ4n) is 2.11. The van der Waals surface area contributed by atoms with E-state index >= 15 is 0 Å². The van der Waals surface area contributed by atoms with E-state index in [1.807, 2.05) is 6.92 Å². The van der Waals surface area contributed by atoms with Gasteiger partial charge in [-0.05, 0) is 107 Å². The number of halogens is 4. The largest absolute Gasteiger partial charge is 1.00 e. The third-order valence-electron chi connectivity index (χ3n) is 3.64. The van der Waals surface area contributed by atoms with Crippen LogP contribution in [0.15, 0.2) is 48.5 Å². The average Bonchev–Trinajstić information content (AvgIpc) is 2.87. The molecule has 8 nitrogen and oxygen atoms in total. The van der Waals surface area contributed by atoms with Crippen LogP contribution in [0.1, 0.15) is 55.5 Å². The summed E-state index contributed by atoms with van der Waals surface area (Å²) in [7, 11) is 0. The Hall–Kier alpha value is 3.91. The second-order valence-corrected chi connectivity index (χ2v) is 9.30. The molecule has 0 aliphatic rings. The van der Waals surface area contributed by atoms with Crippen molar-refractivity contribution >= 4 is 91.9 Å². The Labute approximate surface area is 419 Å². The van der Waals surface area contributed by atoms with E-state index in [2.05, 4.69) is 119 Å². The Morgan fingerprint density at radius 3 is 1.56 bits per heavy atom. The molecule has 41 heavy (non-hydrogen) atoms. The number of carbonyl (C=O) groups excluding carboxylic acids is 3. The van der Waals surface area contributed by atoms with Crippen LogP contribution >= 0.6 is 73.5 Å². The molecule has 0 aromatic heterocycles. The molecule has 0 saturated heterocycles. The summed E-state index contributed by atoms with van der Waals surface area (Å²) in [5.74, 6) is -0.439. The first-order chi connectivity index (χ1) is 16.8. The molecule has 0 unspecified atom stereocenters. The Morgan fingerprint density at radius 2 is 1.27 bits per heavy atom. The number of hydrogen-bond donors (Lipinski definition) is 1. The Bertz CT molecular complexity index is 841. The molecule has 224 valence electrons. The molecule has 2 aromatic carbocycles. The maximum atomic E-state index is 11.1. The zero-order chi connectivity index (χ0) is 26.9. The topological polar surface area (TPSA) is 128 Å². The molecular weight excluding hydrogens is 925 g/mol. The monoisotopic (exact) mass is 966 g/mol. The van der Waals surface area contributed by atoms with E-state index < -0.39 is 0 Å². The quantitative estimate of drug-likeness (QED) is 0.0546. The van der Waals surface area contributed by atoms with E-state index in [-0.39, 0.29) is 209 Å². The van der Waals surface area contributed by atoms with Crippen LogP contribution in [0.4, 0.5) is 0 Å². The van der Waals surface area contributed by atoms with Crippen molar-refractivity contribution in [2.24, 2.45) is 5.73 Å². The van der Waals surface area contributed by atoms with Crippen LogP contribution in [0.5, 0.6) is 0 Å². The van der Waals surface area contributed by atoms with E-state index in [9.17, 15) is 9.59 Å². The molecule has 0 aliphatic carbocycles. The van der Waals surface area contributed by atoms with Crippen molar-refractivity contribution < 1.29 is 191 Å². The van der Waals surface area contributed by atoms with Gasteiger partial charge in [-0.1, -0.05) is 55.0 Å². The van der Waals surface area contributed by atoms with Gasteiger partial charge in [0, 0.05) is 18.9 Å². The molecule has 0 atom stereocenters.